The second-order valence-corrected chi connectivity index (χ2v) is 6.15. The molecule has 3 rings (SSSR count). The van der Waals surface area contributed by atoms with Crippen molar-refractivity contribution in [1.82, 2.24) is 4.90 Å². The minimum Gasteiger partial charge on any atom is -0.295 e. The van der Waals surface area contributed by atoms with E-state index in [4.69, 9.17) is 0 Å². The Morgan fingerprint density at radius 3 is 2.32 bits per heavy atom. The van der Waals surface area contributed by atoms with Crippen molar-refractivity contribution in [2.24, 2.45) is 0 Å². The second-order valence-electron chi connectivity index (χ2n) is 6.15. The van der Waals surface area contributed by atoms with E-state index < -0.39 is 0 Å². The van der Waals surface area contributed by atoms with E-state index in [-0.39, 0.29) is 0 Å². The summed E-state index contributed by atoms with van der Waals surface area (Å²) in [6, 6.07) is 19.9. The molecule has 0 bridgehead atoms. The van der Waals surface area contributed by atoms with Crippen LogP contribution in [-0.2, 0) is 13.0 Å². The molecule has 0 aliphatic carbocycles. The molecule has 0 atom stereocenters. The van der Waals surface area contributed by atoms with Gasteiger partial charge in [-0.15, -0.1) is 0 Å². The third kappa shape index (κ3) is 3.86. The predicted octanol–water partition coefficient (Wildman–Crippen LogP) is 4.93. The summed E-state index contributed by atoms with van der Waals surface area (Å²) in [5.74, 6) is 0. The number of hydrogen-bond donors (Lipinski definition) is 0. The second kappa shape index (κ2) is 7.42. The highest BCUT2D eigenvalue weighted by molar-refractivity contribution is 5.66. The average Bonchev–Trinajstić information content (AvgIpc) is 2.58. The Morgan fingerprint density at radius 1 is 0.909 bits per heavy atom. The summed E-state index contributed by atoms with van der Waals surface area (Å²) in [6.07, 6.45) is 5.96. The molecule has 0 N–H and O–H groups in total. The maximum absolute atomic E-state index is 2.52. The van der Waals surface area contributed by atoms with Gasteiger partial charge in [0.1, 0.15) is 0 Å². The Balaban J connectivity index is 1.61. The van der Waals surface area contributed by atoms with Crippen LogP contribution in [0, 0.1) is 0 Å². The van der Waals surface area contributed by atoms with Crippen molar-refractivity contribution in [1.29, 1.82) is 0 Å². The normalized spacial score (nSPS) is 15.6. The molecule has 0 saturated carbocycles. The van der Waals surface area contributed by atoms with Gasteiger partial charge in [0.05, 0.1) is 0 Å². The summed E-state index contributed by atoms with van der Waals surface area (Å²) < 4.78 is 0. The lowest BCUT2D eigenvalue weighted by Crippen LogP contribution is -2.27. The molecule has 0 aromatic heterocycles. The van der Waals surface area contributed by atoms with Gasteiger partial charge in [-0.1, -0.05) is 74.0 Å². The summed E-state index contributed by atoms with van der Waals surface area (Å²) in [4.78, 5) is 2.52. The zero-order valence-electron chi connectivity index (χ0n) is 13.5. The molecule has 0 spiro atoms. The van der Waals surface area contributed by atoms with E-state index in [9.17, 15) is 0 Å². The van der Waals surface area contributed by atoms with Gasteiger partial charge in [0, 0.05) is 19.6 Å². The first-order valence-electron chi connectivity index (χ1n) is 8.40. The number of aryl methyl sites for hydroxylation is 1. The van der Waals surface area contributed by atoms with Crippen LogP contribution in [0.3, 0.4) is 0 Å². The Hall–Kier alpha value is -1.86. The molecule has 2 aromatic rings. The number of benzene rings is 2. The van der Waals surface area contributed by atoms with Crippen molar-refractivity contribution >= 4 is 5.57 Å². The van der Waals surface area contributed by atoms with Crippen LogP contribution < -0.4 is 0 Å². The van der Waals surface area contributed by atoms with Crippen LogP contribution >= 0.6 is 0 Å². The van der Waals surface area contributed by atoms with E-state index in [1.54, 1.807) is 0 Å². The quantitative estimate of drug-likeness (QED) is 0.755. The van der Waals surface area contributed by atoms with Crippen LogP contribution in [0.5, 0.6) is 0 Å². The van der Waals surface area contributed by atoms with Crippen molar-refractivity contribution in [2.45, 2.75) is 32.7 Å². The molecule has 1 heteroatoms. The maximum Gasteiger partial charge on any atom is 0.0237 e. The van der Waals surface area contributed by atoms with Crippen molar-refractivity contribution in [3.05, 3.63) is 77.4 Å². The topological polar surface area (TPSA) is 3.24 Å². The molecular formula is C21H25N. The van der Waals surface area contributed by atoms with Crippen molar-refractivity contribution in [3.63, 3.8) is 0 Å². The number of rotatable bonds is 5. The first-order chi connectivity index (χ1) is 10.8. The fourth-order valence-corrected chi connectivity index (χ4v) is 3.13. The zero-order chi connectivity index (χ0) is 15.2. The van der Waals surface area contributed by atoms with Gasteiger partial charge < -0.3 is 0 Å². The molecule has 0 fully saturated rings. The number of hydrogen-bond acceptors (Lipinski definition) is 1. The molecule has 1 aliphatic heterocycles. The third-order valence-corrected chi connectivity index (χ3v) is 4.41. The maximum atomic E-state index is 2.52. The molecule has 114 valence electrons. The Kier molecular flexibility index (Phi) is 5.07. The van der Waals surface area contributed by atoms with E-state index in [0.717, 1.165) is 26.1 Å². The molecule has 22 heavy (non-hydrogen) atoms. The van der Waals surface area contributed by atoms with E-state index in [1.165, 1.54) is 35.1 Å². The van der Waals surface area contributed by atoms with Gasteiger partial charge in [0.25, 0.3) is 0 Å². The predicted molar refractivity (Wildman–Crippen MR) is 94.8 cm³/mol. The van der Waals surface area contributed by atoms with Crippen LogP contribution in [0.4, 0.5) is 0 Å². The van der Waals surface area contributed by atoms with Crippen molar-refractivity contribution < 1.29 is 0 Å². The molecule has 1 nitrogen and oxygen atoms in total. The number of nitrogens with zero attached hydrogens (tertiary/aromatic N) is 1. The lowest BCUT2D eigenvalue weighted by molar-refractivity contribution is 0.294. The summed E-state index contributed by atoms with van der Waals surface area (Å²) in [7, 11) is 0. The van der Waals surface area contributed by atoms with E-state index in [2.05, 4.69) is 72.5 Å². The van der Waals surface area contributed by atoms with Crippen molar-refractivity contribution in [2.75, 3.05) is 13.1 Å². The third-order valence-electron chi connectivity index (χ3n) is 4.41. The molecule has 0 saturated heterocycles. The van der Waals surface area contributed by atoms with Gasteiger partial charge in [-0.3, -0.25) is 4.90 Å². The van der Waals surface area contributed by atoms with Crippen LogP contribution in [0.1, 0.15) is 36.5 Å². The average molecular weight is 291 g/mol. The Bertz CT molecular complexity index is 610. The zero-order valence-corrected chi connectivity index (χ0v) is 13.5. The Morgan fingerprint density at radius 2 is 1.68 bits per heavy atom. The van der Waals surface area contributed by atoms with Gasteiger partial charge in [-0.05, 0) is 35.1 Å². The molecule has 1 aliphatic rings. The lowest BCUT2D eigenvalue weighted by Gasteiger charge is -2.26. The molecule has 0 radical (unpaired) electrons. The molecule has 0 unspecified atom stereocenters. The minimum absolute atomic E-state index is 1.06. The largest absolute Gasteiger partial charge is 0.295 e. The summed E-state index contributed by atoms with van der Waals surface area (Å²) in [5, 5.41) is 0. The fraction of sp³-hybridized carbons (Fsp3) is 0.333. The highest BCUT2D eigenvalue weighted by atomic mass is 15.1. The molecule has 1 heterocycles. The summed E-state index contributed by atoms with van der Waals surface area (Å²) >= 11 is 0. The van der Waals surface area contributed by atoms with E-state index in [0.29, 0.717) is 0 Å². The van der Waals surface area contributed by atoms with Crippen LogP contribution in [0.2, 0.25) is 0 Å². The first-order valence-corrected chi connectivity index (χ1v) is 8.40. The van der Waals surface area contributed by atoms with Gasteiger partial charge in [-0.2, -0.15) is 0 Å². The Labute approximate surface area is 134 Å². The van der Waals surface area contributed by atoms with Crippen LogP contribution in [0.25, 0.3) is 5.57 Å². The molecule has 0 amide bonds. The van der Waals surface area contributed by atoms with E-state index >= 15 is 0 Å². The van der Waals surface area contributed by atoms with Gasteiger partial charge in [0.15, 0.2) is 0 Å². The standard InChI is InChI=1S/C21H25N/c1-2-6-18-9-11-20(12-10-18)21-13-15-22(16-14-21)17-19-7-4-3-5-8-19/h3-5,7-13H,2,6,14-17H2,1H3. The smallest absolute Gasteiger partial charge is 0.0237 e. The minimum atomic E-state index is 1.06. The summed E-state index contributed by atoms with van der Waals surface area (Å²) in [5.41, 5.74) is 5.77. The molecular weight excluding hydrogens is 266 g/mol. The monoisotopic (exact) mass is 291 g/mol. The SMILES string of the molecule is CCCc1ccc(C2=CCN(Cc3ccccc3)CC2)cc1. The lowest BCUT2D eigenvalue weighted by atomic mass is 9.97. The van der Waals surface area contributed by atoms with Gasteiger partial charge in [-0.25, -0.2) is 0 Å². The van der Waals surface area contributed by atoms with Crippen LogP contribution in [-0.4, -0.2) is 18.0 Å². The fourth-order valence-electron chi connectivity index (χ4n) is 3.13. The van der Waals surface area contributed by atoms with Gasteiger partial charge >= 0.3 is 0 Å². The van der Waals surface area contributed by atoms with Crippen LogP contribution in [0.15, 0.2) is 60.7 Å². The van der Waals surface area contributed by atoms with E-state index in [1.807, 2.05) is 0 Å². The van der Waals surface area contributed by atoms with Crippen molar-refractivity contribution in [3.8, 4) is 0 Å². The molecule has 2 aromatic carbocycles. The van der Waals surface area contributed by atoms with Gasteiger partial charge in [0.2, 0.25) is 0 Å². The first kappa shape index (κ1) is 15.1. The highest BCUT2D eigenvalue weighted by Gasteiger charge is 2.13. The summed E-state index contributed by atoms with van der Waals surface area (Å²) in [6.45, 7) is 5.50. The highest BCUT2D eigenvalue weighted by Crippen LogP contribution is 2.23.